The van der Waals surface area contributed by atoms with E-state index in [4.69, 9.17) is 11.6 Å². The summed E-state index contributed by atoms with van der Waals surface area (Å²) in [7, 11) is 0. The smallest absolute Gasteiger partial charge is 0.387 e. The number of imidazole rings is 1. The third-order valence-electron chi connectivity index (χ3n) is 3.78. The molecule has 0 saturated heterocycles. The van der Waals surface area contributed by atoms with Gasteiger partial charge in [0.2, 0.25) is 0 Å². The van der Waals surface area contributed by atoms with Crippen molar-refractivity contribution in [1.29, 1.82) is 0 Å². The maximum atomic E-state index is 13.0. The number of aliphatic hydroxyl groups excluding tert-OH is 1. The first kappa shape index (κ1) is 18.2. The van der Waals surface area contributed by atoms with Gasteiger partial charge in [0, 0.05) is 12.7 Å². The van der Waals surface area contributed by atoms with Crippen molar-refractivity contribution in [2.75, 3.05) is 6.54 Å². The monoisotopic (exact) mass is 383 g/mol. The van der Waals surface area contributed by atoms with Crippen LogP contribution in [0, 0.1) is 0 Å². The molecule has 0 radical (unpaired) electrons. The molecule has 0 bridgehead atoms. The highest BCUT2D eigenvalue weighted by atomic mass is 35.5. The average Bonchev–Trinajstić information content (AvgIpc) is 2.94. The number of benzene rings is 1. The number of rotatable bonds is 4. The summed E-state index contributed by atoms with van der Waals surface area (Å²) in [6, 6.07) is 9.71. The third-order valence-corrected chi connectivity index (χ3v) is 4.05. The number of aromatic nitrogens is 2. The lowest BCUT2D eigenvalue weighted by atomic mass is 10.0. The molecule has 0 aliphatic heterocycles. The van der Waals surface area contributed by atoms with E-state index in [0.29, 0.717) is 5.65 Å². The fraction of sp³-hybridized carbons (Fsp3) is 0.176. The van der Waals surface area contributed by atoms with Crippen LogP contribution in [0.25, 0.3) is 5.65 Å². The van der Waals surface area contributed by atoms with Gasteiger partial charge in [0.05, 0.1) is 11.7 Å². The topological polar surface area (TPSA) is 66.6 Å². The van der Waals surface area contributed by atoms with Crippen LogP contribution in [-0.4, -0.2) is 26.9 Å². The molecule has 3 rings (SSSR count). The Morgan fingerprint density at radius 1 is 1.23 bits per heavy atom. The first-order valence-electron chi connectivity index (χ1n) is 7.54. The van der Waals surface area contributed by atoms with Gasteiger partial charge >= 0.3 is 6.18 Å². The van der Waals surface area contributed by atoms with Gasteiger partial charge < -0.3 is 10.4 Å². The predicted molar refractivity (Wildman–Crippen MR) is 88.9 cm³/mol. The van der Waals surface area contributed by atoms with Crippen LogP contribution in [0.2, 0.25) is 5.15 Å². The molecule has 26 heavy (non-hydrogen) atoms. The van der Waals surface area contributed by atoms with Crippen molar-refractivity contribution in [3.8, 4) is 0 Å². The van der Waals surface area contributed by atoms with Crippen molar-refractivity contribution >= 4 is 23.2 Å². The van der Waals surface area contributed by atoms with Gasteiger partial charge in [-0.1, -0.05) is 35.9 Å². The van der Waals surface area contributed by atoms with Gasteiger partial charge in [-0.3, -0.25) is 9.20 Å². The predicted octanol–water partition coefficient (Wildman–Crippen LogP) is 3.47. The van der Waals surface area contributed by atoms with Gasteiger partial charge in [-0.15, -0.1) is 0 Å². The number of carbonyl (C=O) groups is 1. The van der Waals surface area contributed by atoms with Crippen molar-refractivity contribution in [2.45, 2.75) is 12.3 Å². The average molecular weight is 384 g/mol. The molecule has 1 amide bonds. The lowest BCUT2D eigenvalue weighted by Gasteiger charge is -2.17. The summed E-state index contributed by atoms with van der Waals surface area (Å²) in [5.74, 6) is -0.655. The first-order chi connectivity index (χ1) is 12.3. The molecule has 136 valence electrons. The van der Waals surface area contributed by atoms with Crippen molar-refractivity contribution in [3.05, 3.63) is 70.6 Å². The molecule has 2 aromatic heterocycles. The number of carbonyl (C=O) groups excluding carboxylic acids is 1. The zero-order chi connectivity index (χ0) is 18.9. The summed E-state index contributed by atoms with van der Waals surface area (Å²) < 4.78 is 40.5. The maximum Gasteiger partial charge on any atom is 0.416 e. The number of amides is 1. The highest BCUT2D eigenvalue weighted by Gasteiger charge is 2.34. The normalized spacial score (nSPS) is 13.0. The second-order valence-corrected chi connectivity index (χ2v) is 5.85. The van der Waals surface area contributed by atoms with Gasteiger partial charge in [0.15, 0.2) is 10.8 Å². The lowest BCUT2D eigenvalue weighted by molar-refractivity contribution is -0.139. The first-order valence-corrected chi connectivity index (χ1v) is 7.92. The van der Waals surface area contributed by atoms with Crippen LogP contribution in [0.1, 0.15) is 27.7 Å². The second kappa shape index (κ2) is 6.97. The van der Waals surface area contributed by atoms with Crippen molar-refractivity contribution in [3.63, 3.8) is 0 Å². The zero-order valence-electron chi connectivity index (χ0n) is 13.2. The Hall–Kier alpha value is -2.58. The zero-order valence-corrected chi connectivity index (χ0v) is 13.9. The summed E-state index contributed by atoms with van der Waals surface area (Å²) in [5, 5.41) is 12.5. The minimum Gasteiger partial charge on any atom is -0.387 e. The molecule has 1 aromatic carbocycles. The fourth-order valence-electron chi connectivity index (χ4n) is 2.60. The van der Waals surface area contributed by atoms with E-state index in [0.717, 1.165) is 6.07 Å². The number of fused-ring (bicyclic) bond motifs is 1. The molecule has 0 spiro atoms. The summed E-state index contributed by atoms with van der Waals surface area (Å²) in [6.45, 7) is -0.414. The Labute approximate surface area is 151 Å². The summed E-state index contributed by atoms with van der Waals surface area (Å²) in [6.07, 6.45) is -4.56. The van der Waals surface area contributed by atoms with Gasteiger partial charge in [0.1, 0.15) is 5.65 Å². The summed E-state index contributed by atoms with van der Waals surface area (Å²) in [4.78, 5) is 16.4. The number of aliphatic hydroxyl groups is 1. The van der Waals surface area contributed by atoms with E-state index in [-0.39, 0.29) is 16.4 Å². The van der Waals surface area contributed by atoms with E-state index in [1.807, 2.05) is 0 Å². The van der Waals surface area contributed by atoms with Crippen LogP contribution in [-0.2, 0) is 6.18 Å². The van der Waals surface area contributed by atoms with Crippen LogP contribution in [0.15, 0.2) is 48.7 Å². The number of nitrogens with zero attached hydrogens (tertiary/aromatic N) is 2. The van der Waals surface area contributed by atoms with E-state index in [1.165, 1.54) is 22.6 Å². The standard InChI is InChI=1S/C17H13ClF3N3O2/c18-15-14(24-8-4-3-7-13(24)23-15)16(26)22-9-12(25)10-5-1-2-6-11(10)17(19,20)21/h1-8,12,25H,9H2,(H,22,26)/t12-/m0/s1. The highest BCUT2D eigenvalue weighted by Crippen LogP contribution is 2.34. The van der Waals surface area contributed by atoms with Crippen LogP contribution in [0.3, 0.4) is 0 Å². The Morgan fingerprint density at radius 2 is 1.92 bits per heavy atom. The van der Waals surface area contributed by atoms with E-state index >= 15 is 0 Å². The third kappa shape index (κ3) is 3.51. The largest absolute Gasteiger partial charge is 0.416 e. The number of halogens is 4. The van der Waals surface area contributed by atoms with E-state index < -0.39 is 30.3 Å². The van der Waals surface area contributed by atoms with Crippen LogP contribution in [0.4, 0.5) is 13.2 Å². The Morgan fingerprint density at radius 3 is 2.65 bits per heavy atom. The molecule has 9 heteroatoms. The molecule has 0 saturated carbocycles. The number of alkyl halides is 3. The molecule has 2 heterocycles. The van der Waals surface area contributed by atoms with Crippen molar-refractivity contribution in [1.82, 2.24) is 14.7 Å². The molecular weight excluding hydrogens is 371 g/mol. The lowest BCUT2D eigenvalue weighted by Crippen LogP contribution is -2.30. The SMILES string of the molecule is O=C(NC[C@H](O)c1ccccc1C(F)(F)F)c1c(Cl)nc2ccccn12. The molecule has 2 N–H and O–H groups in total. The summed E-state index contributed by atoms with van der Waals surface area (Å²) in [5.41, 5.74) is -0.775. The molecule has 0 aliphatic carbocycles. The van der Waals surface area contributed by atoms with Gasteiger partial charge in [-0.25, -0.2) is 4.98 Å². The number of hydrogen-bond donors (Lipinski definition) is 2. The number of pyridine rings is 1. The Kier molecular flexibility index (Phi) is 4.88. The number of hydrogen-bond acceptors (Lipinski definition) is 3. The molecule has 0 unspecified atom stereocenters. The van der Waals surface area contributed by atoms with Gasteiger partial charge in [0.25, 0.3) is 5.91 Å². The minimum atomic E-state index is -4.60. The molecule has 0 aliphatic rings. The Bertz CT molecular complexity index is 956. The van der Waals surface area contributed by atoms with E-state index in [1.54, 1.807) is 24.4 Å². The second-order valence-electron chi connectivity index (χ2n) is 5.49. The quantitative estimate of drug-likeness (QED) is 0.725. The van der Waals surface area contributed by atoms with E-state index in [9.17, 15) is 23.1 Å². The van der Waals surface area contributed by atoms with Crippen LogP contribution < -0.4 is 5.32 Å². The van der Waals surface area contributed by atoms with Crippen LogP contribution in [0.5, 0.6) is 0 Å². The van der Waals surface area contributed by atoms with Gasteiger partial charge in [-0.05, 0) is 23.8 Å². The molecular formula is C17H13ClF3N3O2. The van der Waals surface area contributed by atoms with Crippen molar-refractivity contribution < 1.29 is 23.1 Å². The number of nitrogens with one attached hydrogen (secondary N) is 1. The maximum absolute atomic E-state index is 13.0. The molecule has 5 nitrogen and oxygen atoms in total. The van der Waals surface area contributed by atoms with Crippen LogP contribution >= 0.6 is 11.6 Å². The van der Waals surface area contributed by atoms with Gasteiger partial charge in [-0.2, -0.15) is 13.2 Å². The summed E-state index contributed by atoms with van der Waals surface area (Å²) >= 11 is 5.98. The molecule has 3 aromatic rings. The highest BCUT2D eigenvalue weighted by molar-refractivity contribution is 6.32. The molecule has 1 atom stereocenters. The minimum absolute atomic E-state index is 0.0403. The fourth-order valence-corrected chi connectivity index (χ4v) is 2.86. The molecule has 0 fully saturated rings. The Balaban J connectivity index is 1.79. The van der Waals surface area contributed by atoms with Crippen molar-refractivity contribution in [2.24, 2.45) is 0 Å². The van der Waals surface area contributed by atoms with E-state index in [2.05, 4.69) is 10.3 Å².